The summed E-state index contributed by atoms with van der Waals surface area (Å²) in [6, 6.07) is 11.0. The number of anilines is 1. The van der Waals surface area contributed by atoms with Crippen LogP contribution in [0.4, 0.5) is 5.69 Å². The van der Waals surface area contributed by atoms with Crippen molar-refractivity contribution in [2.45, 2.75) is 11.0 Å². The fraction of sp³-hybridized carbons (Fsp3) is 0.333. The molecule has 0 aromatic heterocycles. The third-order valence-corrected chi connectivity index (χ3v) is 7.30. The van der Waals surface area contributed by atoms with Crippen molar-refractivity contribution in [2.24, 2.45) is 0 Å². The monoisotopic (exact) mass is 496 g/mol. The van der Waals surface area contributed by atoms with Crippen molar-refractivity contribution in [1.29, 1.82) is 0 Å². The van der Waals surface area contributed by atoms with E-state index < -0.39 is 34.6 Å². The number of nitrogens with one attached hydrogen (secondary N) is 1. The predicted octanol–water partition coefficient (Wildman–Crippen LogP) is 1.68. The van der Waals surface area contributed by atoms with Gasteiger partial charge >= 0.3 is 5.97 Å². The number of amides is 1. The van der Waals surface area contributed by atoms with E-state index in [1.54, 1.807) is 24.3 Å². The summed E-state index contributed by atoms with van der Waals surface area (Å²) in [4.78, 5) is 24.4. The van der Waals surface area contributed by atoms with Crippen molar-refractivity contribution < 1.29 is 37.0 Å². The maximum absolute atomic E-state index is 12.9. The summed E-state index contributed by atoms with van der Waals surface area (Å²) < 4.78 is 48.3. The first-order valence-corrected chi connectivity index (χ1v) is 11.9. The first-order valence-electron chi connectivity index (χ1n) is 10.1. The Bertz CT molecular complexity index is 1150. The molecule has 0 spiro atoms. The molecule has 0 unspecified atom stereocenters. The number of sulfonamides is 1. The number of ether oxygens (including phenoxy) is 4. The summed E-state index contributed by atoms with van der Waals surface area (Å²) in [5, 5.41) is 2.53. The molecule has 176 valence electrons. The highest BCUT2D eigenvalue weighted by Gasteiger charge is 2.30. The zero-order chi connectivity index (χ0) is 23.4. The van der Waals surface area contributed by atoms with Crippen molar-refractivity contribution >= 4 is 39.2 Å². The van der Waals surface area contributed by atoms with E-state index in [0.29, 0.717) is 24.7 Å². The molecule has 1 amide bonds. The number of morpholine rings is 1. The molecule has 4 rings (SSSR count). The van der Waals surface area contributed by atoms with Gasteiger partial charge in [-0.05, 0) is 30.3 Å². The van der Waals surface area contributed by atoms with Crippen LogP contribution in [0, 0.1) is 0 Å². The number of hydrogen-bond acceptors (Lipinski definition) is 8. The number of para-hydroxylation sites is 2. The first kappa shape index (κ1) is 23.3. The largest absolute Gasteiger partial charge is 0.485 e. The molecule has 0 saturated carbocycles. The highest BCUT2D eigenvalue weighted by atomic mass is 35.5. The Morgan fingerprint density at radius 2 is 1.85 bits per heavy atom. The number of carbonyl (C=O) groups excluding carboxylic acids is 2. The molecule has 0 aliphatic carbocycles. The van der Waals surface area contributed by atoms with Crippen molar-refractivity contribution in [3.8, 4) is 11.5 Å². The van der Waals surface area contributed by atoms with Gasteiger partial charge in [0, 0.05) is 18.8 Å². The molecule has 1 saturated heterocycles. The highest BCUT2D eigenvalue weighted by Crippen LogP contribution is 2.31. The van der Waals surface area contributed by atoms with E-state index in [9.17, 15) is 18.0 Å². The third kappa shape index (κ3) is 5.38. The number of halogens is 1. The van der Waals surface area contributed by atoms with Crippen LogP contribution in [0.5, 0.6) is 11.5 Å². The number of carbonyl (C=O) groups is 2. The Morgan fingerprint density at radius 1 is 1.12 bits per heavy atom. The molecule has 1 N–H and O–H groups in total. The fourth-order valence-corrected chi connectivity index (χ4v) is 5.18. The van der Waals surface area contributed by atoms with Gasteiger partial charge in [-0.1, -0.05) is 23.7 Å². The van der Waals surface area contributed by atoms with Crippen LogP contribution in [0.25, 0.3) is 0 Å². The van der Waals surface area contributed by atoms with Crippen LogP contribution in [0.2, 0.25) is 5.02 Å². The van der Waals surface area contributed by atoms with E-state index >= 15 is 0 Å². The lowest BCUT2D eigenvalue weighted by molar-refractivity contribution is -0.156. The molecule has 2 aromatic carbocycles. The van der Waals surface area contributed by atoms with E-state index in [2.05, 4.69) is 5.32 Å². The Labute approximate surface area is 195 Å². The van der Waals surface area contributed by atoms with Crippen LogP contribution in [0.1, 0.15) is 0 Å². The fourth-order valence-electron chi connectivity index (χ4n) is 3.27. The molecule has 2 aliphatic rings. The average molecular weight is 497 g/mol. The second-order valence-electron chi connectivity index (χ2n) is 7.18. The molecule has 10 nitrogen and oxygen atoms in total. The zero-order valence-corrected chi connectivity index (χ0v) is 18.9. The number of rotatable bonds is 6. The normalized spacial score (nSPS) is 18.4. The van der Waals surface area contributed by atoms with Crippen LogP contribution in [-0.4, -0.2) is 70.2 Å². The van der Waals surface area contributed by atoms with Crippen molar-refractivity contribution in [3.63, 3.8) is 0 Å². The molecule has 33 heavy (non-hydrogen) atoms. The van der Waals surface area contributed by atoms with Gasteiger partial charge in [0.1, 0.15) is 11.5 Å². The second-order valence-corrected chi connectivity index (χ2v) is 9.50. The molecule has 0 bridgehead atoms. The van der Waals surface area contributed by atoms with Crippen LogP contribution in [-0.2, 0) is 29.1 Å². The molecule has 12 heteroatoms. The summed E-state index contributed by atoms with van der Waals surface area (Å²) in [6.07, 6.45) is -1.01. The lowest BCUT2D eigenvalue weighted by Crippen LogP contribution is -2.40. The number of fused-ring (bicyclic) bond motifs is 1. The van der Waals surface area contributed by atoms with E-state index in [4.69, 9.17) is 30.5 Å². The van der Waals surface area contributed by atoms with E-state index in [0.717, 1.165) is 0 Å². The maximum atomic E-state index is 12.9. The van der Waals surface area contributed by atoms with Gasteiger partial charge in [-0.15, -0.1) is 0 Å². The molecular weight excluding hydrogens is 476 g/mol. The van der Waals surface area contributed by atoms with Gasteiger partial charge in [-0.3, -0.25) is 4.79 Å². The van der Waals surface area contributed by atoms with Crippen molar-refractivity contribution in [3.05, 3.63) is 47.5 Å². The minimum absolute atomic E-state index is 0.0284. The average Bonchev–Trinajstić information content (AvgIpc) is 2.84. The molecule has 2 aliphatic heterocycles. The molecule has 2 aromatic rings. The number of nitrogens with zero attached hydrogens (tertiary/aromatic N) is 1. The predicted molar refractivity (Wildman–Crippen MR) is 117 cm³/mol. The summed E-state index contributed by atoms with van der Waals surface area (Å²) in [7, 11) is -3.86. The summed E-state index contributed by atoms with van der Waals surface area (Å²) in [5.74, 6) is -0.487. The number of esters is 1. The Morgan fingerprint density at radius 3 is 2.61 bits per heavy atom. The lowest BCUT2D eigenvalue weighted by atomic mass is 10.2. The van der Waals surface area contributed by atoms with E-state index in [-0.39, 0.29) is 35.3 Å². The van der Waals surface area contributed by atoms with Gasteiger partial charge in [-0.2, -0.15) is 4.31 Å². The van der Waals surface area contributed by atoms with Gasteiger partial charge in [0.2, 0.25) is 16.1 Å². The van der Waals surface area contributed by atoms with Gasteiger partial charge in [-0.25, -0.2) is 13.2 Å². The van der Waals surface area contributed by atoms with Crippen LogP contribution in [0.3, 0.4) is 0 Å². The summed E-state index contributed by atoms with van der Waals surface area (Å²) >= 11 is 6.12. The number of benzene rings is 2. The van der Waals surface area contributed by atoms with Crippen LogP contribution >= 0.6 is 11.6 Å². The molecule has 2 heterocycles. The standard InChI is InChI=1S/C21H21ClN2O8S/c22-15-6-5-14(11-19(15)33(27,28)24-7-9-29-10-8-24)23-20(25)13-31-21(26)18-12-30-16-3-1-2-4-17(16)32-18/h1-6,11,18H,7-10,12-13H2,(H,23,25)/t18-/m0/s1. The number of hydrogen-bond donors (Lipinski definition) is 1. The molecular formula is C21H21ClN2O8S. The summed E-state index contributed by atoms with van der Waals surface area (Å²) in [6.45, 7) is 0.372. The van der Waals surface area contributed by atoms with E-state index in [1.165, 1.54) is 22.5 Å². The molecule has 1 fully saturated rings. The van der Waals surface area contributed by atoms with Crippen LogP contribution in [0.15, 0.2) is 47.4 Å². The minimum atomic E-state index is -3.86. The van der Waals surface area contributed by atoms with Gasteiger partial charge < -0.3 is 24.3 Å². The van der Waals surface area contributed by atoms with Crippen molar-refractivity contribution in [1.82, 2.24) is 4.31 Å². The molecule has 0 radical (unpaired) electrons. The third-order valence-electron chi connectivity index (χ3n) is 4.92. The Hall–Kier alpha value is -2.86. The van der Waals surface area contributed by atoms with E-state index in [1.807, 2.05) is 0 Å². The quantitative estimate of drug-likeness (QED) is 0.600. The second kappa shape index (κ2) is 9.96. The lowest BCUT2D eigenvalue weighted by Gasteiger charge is -2.26. The highest BCUT2D eigenvalue weighted by molar-refractivity contribution is 7.89. The topological polar surface area (TPSA) is 120 Å². The van der Waals surface area contributed by atoms with Gasteiger partial charge in [0.25, 0.3) is 5.91 Å². The summed E-state index contributed by atoms with van der Waals surface area (Å²) in [5.41, 5.74) is 0.193. The SMILES string of the molecule is O=C(COC(=O)[C@@H]1COc2ccccc2O1)Nc1ccc(Cl)c(S(=O)(=O)N2CCOCC2)c1. The minimum Gasteiger partial charge on any atom is -0.485 e. The van der Waals surface area contributed by atoms with Crippen LogP contribution < -0.4 is 14.8 Å². The van der Waals surface area contributed by atoms with Crippen molar-refractivity contribution in [2.75, 3.05) is 44.8 Å². The van der Waals surface area contributed by atoms with Gasteiger partial charge in [0.05, 0.1) is 18.2 Å². The zero-order valence-electron chi connectivity index (χ0n) is 17.4. The first-order chi connectivity index (χ1) is 15.8. The maximum Gasteiger partial charge on any atom is 0.351 e. The smallest absolute Gasteiger partial charge is 0.351 e. The Balaban J connectivity index is 1.35. The van der Waals surface area contributed by atoms with Gasteiger partial charge in [0.15, 0.2) is 18.1 Å². The molecule has 1 atom stereocenters. The Kier molecular flexibility index (Phi) is 7.03.